The lowest BCUT2D eigenvalue weighted by Gasteiger charge is -2.15. The van der Waals surface area contributed by atoms with Crippen LogP contribution in [0.5, 0.6) is 5.88 Å². The van der Waals surface area contributed by atoms with Crippen LogP contribution in [-0.2, 0) is 20.7 Å². The number of hydrogen-bond acceptors (Lipinski definition) is 8. The van der Waals surface area contributed by atoms with Gasteiger partial charge >= 0.3 is 0 Å². The Morgan fingerprint density at radius 3 is 2.79 bits per heavy atom. The molecule has 4 rings (SSSR count). The lowest BCUT2D eigenvalue weighted by molar-refractivity contribution is -0.110. The van der Waals surface area contributed by atoms with E-state index in [2.05, 4.69) is 15.3 Å². The normalized spacial score (nSPS) is 17.5. The van der Waals surface area contributed by atoms with Gasteiger partial charge in [0.25, 0.3) is 5.91 Å². The second kappa shape index (κ2) is 7.84. The van der Waals surface area contributed by atoms with E-state index in [0.29, 0.717) is 39.2 Å². The van der Waals surface area contributed by atoms with Crippen LogP contribution < -0.4 is 5.32 Å². The van der Waals surface area contributed by atoms with Crippen molar-refractivity contribution in [1.29, 1.82) is 5.41 Å². The number of rotatable bonds is 5. The van der Waals surface area contributed by atoms with Gasteiger partial charge in [0.1, 0.15) is 21.3 Å². The van der Waals surface area contributed by atoms with Crippen LogP contribution in [0.4, 0.5) is 5.13 Å². The van der Waals surface area contributed by atoms with Gasteiger partial charge in [-0.2, -0.15) is 0 Å². The van der Waals surface area contributed by atoms with Crippen molar-refractivity contribution < 1.29 is 19.2 Å². The average Bonchev–Trinajstić information content (AvgIpc) is 3.36. The maximum absolute atomic E-state index is 12.5. The van der Waals surface area contributed by atoms with Gasteiger partial charge in [-0.3, -0.25) is 15.5 Å². The molecule has 0 spiro atoms. The molecule has 28 heavy (non-hydrogen) atoms. The van der Waals surface area contributed by atoms with E-state index >= 15 is 0 Å². The van der Waals surface area contributed by atoms with Crippen LogP contribution in [0.2, 0.25) is 0 Å². The molecule has 1 aromatic carbocycles. The van der Waals surface area contributed by atoms with Crippen molar-refractivity contribution in [3.8, 4) is 5.88 Å². The highest BCUT2D eigenvalue weighted by molar-refractivity contribution is 7.92. The number of hydrogen-bond donors (Lipinski definition) is 3. The molecule has 1 fully saturated rings. The Kier molecular flexibility index (Phi) is 5.27. The minimum Gasteiger partial charge on any atom is -0.611 e. The number of aromatic nitrogens is 2. The Bertz CT molecular complexity index is 1030. The first-order valence-corrected chi connectivity index (χ1v) is 10.5. The standard InChI is InChI=1S/C18H16N4O4S2/c19-15(10-1-3-11(4-2-10)28(25)12-7-8-26-9-12)16(24)22-18-20-13-5-6-14(23)21-17(13)27-18/h1-6,12,19H,7-9H2,(H,21,23)(H,20,22,24)/t12-,28?/m0/s1. The van der Waals surface area contributed by atoms with Crippen LogP contribution in [0.1, 0.15) is 12.0 Å². The summed E-state index contributed by atoms with van der Waals surface area (Å²) in [6, 6.07) is 9.60. The predicted octanol–water partition coefficient (Wildman–Crippen LogP) is 2.30. The van der Waals surface area contributed by atoms with E-state index in [0.717, 1.165) is 17.8 Å². The molecule has 144 valence electrons. The Morgan fingerprint density at radius 1 is 1.29 bits per heavy atom. The maximum Gasteiger partial charge on any atom is 0.275 e. The molecule has 0 bridgehead atoms. The fraction of sp³-hybridized carbons (Fsp3) is 0.222. The van der Waals surface area contributed by atoms with E-state index in [1.54, 1.807) is 30.3 Å². The SMILES string of the molecule is N=C(C(=O)Nc1nc2ccc(O)nc2s1)c1ccc([S+]([O-])[C@H]2CCOC2)cc1. The minimum atomic E-state index is -1.17. The van der Waals surface area contributed by atoms with Crippen LogP contribution in [-0.4, -0.2) is 49.7 Å². The number of fused-ring (bicyclic) bond motifs is 1. The van der Waals surface area contributed by atoms with E-state index in [9.17, 15) is 14.5 Å². The molecule has 10 heteroatoms. The van der Waals surface area contributed by atoms with Crippen molar-refractivity contribution in [3.05, 3.63) is 42.0 Å². The molecule has 2 aromatic heterocycles. The first-order valence-electron chi connectivity index (χ1n) is 8.46. The molecule has 2 atom stereocenters. The van der Waals surface area contributed by atoms with Crippen LogP contribution in [0.3, 0.4) is 0 Å². The third-order valence-corrected chi connectivity index (χ3v) is 6.85. The highest BCUT2D eigenvalue weighted by Crippen LogP contribution is 2.26. The van der Waals surface area contributed by atoms with Gasteiger partial charge < -0.3 is 14.4 Å². The second-order valence-corrected chi connectivity index (χ2v) is 8.86. The zero-order valence-corrected chi connectivity index (χ0v) is 16.2. The van der Waals surface area contributed by atoms with Crippen molar-refractivity contribution in [2.75, 3.05) is 18.5 Å². The monoisotopic (exact) mass is 416 g/mol. The molecule has 0 saturated carbocycles. The summed E-state index contributed by atoms with van der Waals surface area (Å²) in [4.78, 5) is 21.7. The van der Waals surface area contributed by atoms with Crippen molar-refractivity contribution in [1.82, 2.24) is 9.97 Å². The first-order chi connectivity index (χ1) is 13.5. The number of carbonyl (C=O) groups is 1. The van der Waals surface area contributed by atoms with Crippen molar-refractivity contribution in [2.45, 2.75) is 16.6 Å². The summed E-state index contributed by atoms with van der Waals surface area (Å²) in [6.07, 6.45) is 0.765. The number of benzene rings is 1. The van der Waals surface area contributed by atoms with E-state index in [1.165, 1.54) is 6.07 Å². The van der Waals surface area contributed by atoms with Gasteiger partial charge in [0.05, 0.1) is 13.2 Å². The van der Waals surface area contributed by atoms with Gasteiger partial charge in [-0.15, -0.1) is 0 Å². The van der Waals surface area contributed by atoms with Crippen LogP contribution >= 0.6 is 11.3 Å². The van der Waals surface area contributed by atoms with Gasteiger partial charge in [0.15, 0.2) is 10.0 Å². The summed E-state index contributed by atoms with van der Waals surface area (Å²) in [6.45, 7) is 1.11. The maximum atomic E-state index is 12.5. The summed E-state index contributed by atoms with van der Waals surface area (Å²) in [5.41, 5.74) is 0.738. The zero-order valence-electron chi connectivity index (χ0n) is 14.5. The van der Waals surface area contributed by atoms with E-state index < -0.39 is 17.1 Å². The third-order valence-electron chi connectivity index (χ3n) is 4.25. The van der Waals surface area contributed by atoms with Gasteiger partial charge in [0, 0.05) is 18.1 Å². The molecular weight excluding hydrogens is 400 g/mol. The summed E-state index contributed by atoms with van der Waals surface area (Å²) < 4.78 is 17.8. The molecule has 1 amide bonds. The number of thiazole rings is 1. The Hall–Kier alpha value is -2.53. The number of anilines is 1. The summed E-state index contributed by atoms with van der Waals surface area (Å²) >= 11 is -0.0553. The summed E-state index contributed by atoms with van der Waals surface area (Å²) in [5, 5.41) is 20.4. The number of pyridine rings is 1. The van der Waals surface area contributed by atoms with E-state index in [-0.39, 0.29) is 16.8 Å². The van der Waals surface area contributed by atoms with Crippen molar-refractivity contribution in [3.63, 3.8) is 0 Å². The quantitative estimate of drug-likeness (QED) is 0.432. The zero-order chi connectivity index (χ0) is 19.7. The molecule has 1 unspecified atom stereocenters. The van der Waals surface area contributed by atoms with Gasteiger partial charge in [-0.25, -0.2) is 9.97 Å². The third kappa shape index (κ3) is 3.85. The van der Waals surface area contributed by atoms with Gasteiger partial charge in [-0.05, 0) is 41.5 Å². The first kappa shape index (κ1) is 18.8. The Labute approximate surface area is 167 Å². The Balaban J connectivity index is 1.44. The van der Waals surface area contributed by atoms with Crippen LogP contribution in [0, 0.1) is 5.41 Å². The van der Waals surface area contributed by atoms with Crippen molar-refractivity contribution in [2.24, 2.45) is 0 Å². The number of amides is 1. The number of nitrogens with zero attached hydrogens (tertiary/aromatic N) is 2. The fourth-order valence-electron chi connectivity index (χ4n) is 2.78. The van der Waals surface area contributed by atoms with Crippen molar-refractivity contribution >= 4 is 49.6 Å². The minimum absolute atomic E-state index is 0.0133. The highest BCUT2D eigenvalue weighted by atomic mass is 32.2. The topological polar surface area (TPSA) is 131 Å². The molecule has 1 saturated heterocycles. The lowest BCUT2D eigenvalue weighted by Crippen LogP contribution is -2.23. The smallest absolute Gasteiger partial charge is 0.275 e. The molecule has 3 aromatic rings. The number of aromatic hydroxyl groups is 1. The average molecular weight is 416 g/mol. The van der Waals surface area contributed by atoms with Gasteiger partial charge in [0.2, 0.25) is 5.88 Å². The summed E-state index contributed by atoms with van der Waals surface area (Å²) in [7, 11) is 0. The largest absolute Gasteiger partial charge is 0.611 e. The molecule has 3 heterocycles. The molecule has 3 N–H and O–H groups in total. The number of ether oxygens (including phenoxy) is 1. The number of nitrogens with one attached hydrogen (secondary N) is 2. The molecule has 8 nitrogen and oxygen atoms in total. The van der Waals surface area contributed by atoms with Gasteiger partial charge in [-0.1, -0.05) is 11.3 Å². The van der Waals surface area contributed by atoms with E-state index in [4.69, 9.17) is 10.1 Å². The highest BCUT2D eigenvalue weighted by Gasteiger charge is 2.29. The molecule has 0 aliphatic carbocycles. The fourth-order valence-corrected chi connectivity index (χ4v) is 4.93. The molecule has 1 aliphatic heterocycles. The predicted molar refractivity (Wildman–Crippen MR) is 107 cm³/mol. The van der Waals surface area contributed by atoms with E-state index in [1.807, 2.05) is 0 Å². The Morgan fingerprint density at radius 2 is 2.07 bits per heavy atom. The second-order valence-electron chi connectivity index (χ2n) is 6.15. The number of carbonyl (C=O) groups excluding carboxylic acids is 1. The molecule has 0 radical (unpaired) electrons. The molecular formula is C18H16N4O4S2. The van der Waals surface area contributed by atoms with Crippen LogP contribution in [0.15, 0.2) is 41.3 Å². The van der Waals surface area contributed by atoms with Crippen LogP contribution in [0.25, 0.3) is 10.3 Å². The summed E-state index contributed by atoms with van der Waals surface area (Å²) in [5.74, 6) is -0.732. The lowest BCUT2D eigenvalue weighted by atomic mass is 10.1. The molecule has 1 aliphatic rings.